The second-order valence-electron chi connectivity index (χ2n) is 5.78. The Hall–Kier alpha value is -1.35. The fourth-order valence-electron chi connectivity index (χ4n) is 2.20. The average Bonchev–Trinajstić information content (AvgIpc) is 2.36. The van der Waals surface area contributed by atoms with E-state index in [-0.39, 0.29) is 11.8 Å². The summed E-state index contributed by atoms with van der Waals surface area (Å²) in [5, 5.41) is 0. The van der Waals surface area contributed by atoms with Crippen molar-refractivity contribution in [1.82, 2.24) is 4.90 Å². The quantitative estimate of drug-likeness (QED) is 0.853. The maximum absolute atomic E-state index is 11.9. The van der Waals surface area contributed by atoms with E-state index in [4.69, 9.17) is 5.73 Å². The highest BCUT2D eigenvalue weighted by Crippen LogP contribution is 2.14. The van der Waals surface area contributed by atoms with E-state index in [0.29, 0.717) is 12.5 Å². The van der Waals surface area contributed by atoms with Crippen LogP contribution in [0, 0.1) is 11.8 Å². The van der Waals surface area contributed by atoms with Crippen molar-refractivity contribution >= 4 is 5.91 Å². The lowest BCUT2D eigenvalue weighted by Gasteiger charge is -2.19. The van der Waals surface area contributed by atoms with Crippen molar-refractivity contribution < 1.29 is 4.79 Å². The fourth-order valence-corrected chi connectivity index (χ4v) is 2.20. The van der Waals surface area contributed by atoms with Gasteiger partial charge in [0.05, 0.1) is 5.92 Å². The van der Waals surface area contributed by atoms with Crippen LogP contribution in [0.2, 0.25) is 0 Å². The minimum absolute atomic E-state index is 0.105. The molecule has 3 nitrogen and oxygen atoms in total. The molecule has 106 valence electrons. The third-order valence-electron chi connectivity index (χ3n) is 3.22. The summed E-state index contributed by atoms with van der Waals surface area (Å²) < 4.78 is 0. The van der Waals surface area contributed by atoms with E-state index in [1.54, 1.807) is 19.0 Å². The molecule has 0 heterocycles. The highest BCUT2D eigenvalue weighted by molar-refractivity contribution is 5.78. The van der Waals surface area contributed by atoms with Gasteiger partial charge in [0.15, 0.2) is 0 Å². The molecule has 1 aromatic rings. The molecular formula is C16H26N2O. The van der Waals surface area contributed by atoms with Gasteiger partial charge in [0.1, 0.15) is 0 Å². The normalized spacial score (nSPS) is 12.5. The lowest BCUT2D eigenvalue weighted by atomic mass is 9.96. The van der Waals surface area contributed by atoms with Gasteiger partial charge in [-0.2, -0.15) is 0 Å². The molecule has 3 heteroatoms. The van der Waals surface area contributed by atoms with E-state index < -0.39 is 0 Å². The van der Waals surface area contributed by atoms with Gasteiger partial charge in [-0.3, -0.25) is 4.79 Å². The molecule has 0 aliphatic carbocycles. The van der Waals surface area contributed by atoms with Crippen LogP contribution >= 0.6 is 0 Å². The molecule has 1 amide bonds. The van der Waals surface area contributed by atoms with Gasteiger partial charge in [-0.15, -0.1) is 0 Å². The van der Waals surface area contributed by atoms with E-state index in [9.17, 15) is 4.79 Å². The molecule has 1 atom stereocenters. The smallest absolute Gasteiger partial charge is 0.226 e. The molecule has 0 saturated heterocycles. The maximum atomic E-state index is 11.9. The Labute approximate surface area is 116 Å². The third-order valence-corrected chi connectivity index (χ3v) is 3.22. The van der Waals surface area contributed by atoms with Crippen molar-refractivity contribution in [2.75, 3.05) is 20.6 Å². The molecule has 0 fully saturated rings. The zero-order valence-corrected chi connectivity index (χ0v) is 12.5. The van der Waals surface area contributed by atoms with Crippen LogP contribution in [0.4, 0.5) is 0 Å². The lowest BCUT2D eigenvalue weighted by molar-refractivity contribution is -0.132. The largest absolute Gasteiger partial charge is 0.349 e. The van der Waals surface area contributed by atoms with Crippen molar-refractivity contribution in [3.63, 3.8) is 0 Å². The highest BCUT2D eigenvalue weighted by atomic mass is 16.2. The Morgan fingerprint density at radius 3 is 1.95 bits per heavy atom. The molecule has 19 heavy (non-hydrogen) atoms. The summed E-state index contributed by atoms with van der Waals surface area (Å²) in [6, 6.07) is 8.54. The van der Waals surface area contributed by atoms with Crippen LogP contribution in [-0.2, 0) is 17.6 Å². The van der Waals surface area contributed by atoms with Crippen molar-refractivity contribution in [3.05, 3.63) is 35.4 Å². The Bertz CT molecular complexity index is 396. The van der Waals surface area contributed by atoms with Crippen LogP contribution in [0.15, 0.2) is 24.3 Å². The first kappa shape index (κ1) is 15.7. The molecule has 0 aliphatic heterocycles. The first-order chi connectivity index (χ1) is 8.93. The minimum Gasteiger partial charge on any atom is -0.349 e. The van der Waals surface area contributed by atoms with Crippen molar-refractivity contribution in [2.24, 2.45) is 17.6 Å². The highest BCUT2D eigenvalue weighted by Gasteiger charge is 2.18. The molecule has 0 aromatic heterocycles. The zero-order chi connectivity index (χ0) is 14.4. The summed E-state index contributed by atoms with van der Waals surface area (Å²) in [4.78, 5) is 13.6. The number of carbonyl (C=O) groups excluding carboxylic acids is 1. The van der Waals surface area contributed by atoms with Gasteiger partial charge in [0, 0.05) is 20.6 Å². The Kier molecular flexibility index (Phi) is 6.03. The molecule has 1 aromatic carbocycles. The number of nitrogens with zero attached hydrogens (tertiary/aromatic N) is 1. The molecule has 0 radical (unpaired) electrons. The van der Waals surface area contributed by atoms with Gasteiger partial charge >= 0.3 is 0 Å². The number of carbonyl (C=O) groups is 1. The van der Waals surface area contributed by atoms with Crippen LogP contribution in [0.3, 0.4) is 0 Å². The van der Waals surface area contributed by atoms with Gasteiger partial charge in [0.2, 0.25) is 5.91 Å². The molecule has 0 aliphatic rings. The predicted molar refractivity (Wildman–Crippen MR) is 79.9 cm³/mol. The zero-order valence-electron chi connectivity index (χ0n) is 12.5. The van der Waals surface area contributed by atoms with E-state index in [2.05, 4.69) is 38.1 Å². The van der Waals surface area contributed by atoms with Gasteiger partial charge in [-0.05, 0) is 29.9 Å². The molecular weight excluding hydrogens is 236 g/mol. The predicted octanol–water partition coefficient (Wildman–Crippen LogP) is 2.09. The van der Waals surface area contributed by atoms with Crippen LogP contribution in [0.25, 0.3) is 0 Å². The molecule has 2 N–H and O–H groups in total. The van der Waals surface area contributed by atoms with Gasteiger partial charge < -0.3 is 10.6 Å². The van der Waals surface area contributed by atoms with Gasteiger partial charge in [-0.25, -0.2) is 0 Å². The molecule has 1 unspecified atom stereocenters. The second-order valence-corrected chi connectivity index (χ2v) is 5.78. The van der Waals surface area contributed by atoms with Crippen molar-refractivity contribution in [1.29, 1.82) is 0 Å². The number of rotatable bonds is 6. The van der Waals surface area contributed by atoms with Gasteiger partial charge in [-0.1, -0.05) is 38.1 Å². The summed E-state index contributed by atoms with van der Waals surface area (Å²) in [5.41, 5.74) is 8.24. The summed E-state index contributed by atoms with van der Waals surface area (Å²) in [6.45, 7) is 4.83. The van der Waals surface area contributed by atoms with Crippen LogP contribution in [-0.4, -0.2) is 31.4 Å². The second kappa shape index (κ2) is 7.29. The van der Waals surface area contributed by atoms with Crippen LogP contribution in [0.1, 0.15) is 25.0 Å². The first-order valence-electron chi connectivity index (χ1n) is 6.93. The van der Waals surface area contributed by atoms with E-state index in [1.807, 2.05) is 0 Å². The number of hydrogen-bond acceptors (Lipinski definition) is 2. The van der Waals surface area contributed by atoms with Crippen LogP contribution in [0.5, 0.6) is 0 Å². The minimum atomic E-state index is -0.119. The standard InChI is InChI=1S/C16H26N2O/c1-12(2)9-13-5-7-14(8-6-13)10-15(11-17)16(19)18(3)4/h5-8,12,15H,9-11,17H2,1-4H3. The summed E-state index contributed by atoms with van der Waals surface area (Å²) in [6.07, 6.45) is 1.81. The van der Waals surface area contributed by atoms with E-state index >= 15 is 0 Å². The number of benzene rings is 1. The Morgan fingerprint density at radius 1 is 1.11 bits per heavy atom. The van der Waals surface area contributed by atoms with E-state index in [0.717, 1.165) is 12.8 Å². The maximum Gasteiger partial charge on any atom is 0.226 e. The summed E-state index contributed by atoms with van der Waals surface area (Å²) in [5.74, 6) is 0.651. The van der Waals surface area contributed by atoms with Crippen molar-refractivity contribution in [2.45, 2.75) is 26.7 Å². The number of amides is 1. The molecule has 0 spiro atoms. The monoisotopic (exact) mass is 262 g/mol. The summed E-state index contributed by atoms with van der Waals surface area (Å²) >= 11 is 0. The topological polar surface area (TPSA) is 46.3 Å². The molecule has 0 saturated carbocycles. The summed E-state index contributed by atoms with van der Waals surface area (Å²) in [7, 11) is 3.55. The fraction of sp³-hybridized carbons (Fsp3) is 0.562. The molecule has 1 rings (SSSR count). The average molecular weight is 262 g/mol. The Balaban J connectivity index is 2.68. The number of hydrogen-bond donors (Lipinski definition) is 1. The number of nitrogens with two attached hydrogens (primary N) is 1. The van der Waals surface area contributed by atoms with Crippen molar-refractivity contribution in [3.8, 4) is 0 Å². The Morgan fingerprint density at radius 2 is 1.58 bits per heavy atom. The third kappa shape index (κ3) is 5.03. The first-order valence-corrected chi connectivity index (χ1v) is 6.93. The van der Waals surface area contributed by atoms with Crippen LogP contribution < -0.4 is 5.73 Å². The van der Waals surface area contributed by atoms with E-state index in [1.165, 1.54) is 11.1 Å². The SMILES string of the molecule is CC(C)Cc1ccc(CC(CN)C(=O)N(C)C)cc1. The van der Waals surface area contributed by atoms with Gasteiger partial charge in [0.25, 0.3) is 0 Å². The lowest BCUT2D eigenvalue weighted by Crippen LogP contribution is -2.35. The molecule has 0 bridgehead atoms.